The molecule has 0 bridgehead atoms. The normalized spacial score (nSPS) is 10.9. The van der Waals surface area contributed by atoms with E-state index < -0.39 is 5.91 Å². The number of aromatic amines is 1. The molecule has 4 aromatic rings. The predicted molar refractivity (Wildman–Crippen MR) is 120 cm³/mol. The van der Waals surface area contributed by atoms with E-state index in [9.17, 15) is 9.59 Å². The largest absolute Gasteiger partial charge is 0.366 e. The lowest BCUT2D eigenvalue weighted by atomic mass is 9.95. The van der Waals surface area contributed by atoms with Crippen molar-refractivity contribution in [3.8, 4) is 22.4 Å². The summed E-state index contributed by atoms with van der Waals surface area (Å²) in [6.45, 7) is 1.88. The van der Waals surface area contributed by atoms with Crippen LogP contribution in [0.4, 0.5) is 5.69 Å². The summed E-state index contributed by atoms with van der Waals surface area (Å²) < 4.78 is 0. The smallest absolute Gasteiger partial charge is 0.250 e. The fourth-order valence-corrected chi connectivity index (χ4v) is 3.74. The second-order valence-electron chi connectivity index (χ2n) is 7.12. The maximum Gasteiger partial charge on any atom is 0.250 e. The minimum absolute atomic E-state index is 0.138. The lowest BCUT2D eigenvalue weighted by Gasteiger charge is -2.10. The number of nitrogens with one attached hydrogen (secondary N) is 2. The molecule has 0 aliphatic carbocycles. The number of anilines is 1. The third-order valence-corrected chi connectivity index (χ3v) is 5.08. The molecule has 0 aliphatic heterocycles. The van der Waals surface area contributed by atoms with E-state index in [1.807, 2.05) is 60.7 Å². The van der Waals surface area contributed by atoms with Crippen LogP contribution < -0.4 is 16.8 Å². The summed E-state index contributed by atoms with van der Waals surface area (Å²) in [4.78, 5) is 26.8. The van der Waals surface area contributed by atoms with E-state index in [2.05, 4.69) is 10.3 Å². The number of hydrogen-bond acceptors (Lipinski definition) is 3. The summed E-state index contributed by atoms with van der Waals surface area (Å²) in [5.74, 6) is -0.639. The Morgan fingerprint density at radius 3 is 2.50 bits per heavy atom. The van der Waals surface area contributed by atoms with Gasteiger partial charge >= 0.3 is 0 Å². The maximum atomic E-state index is 12.0. The number of aromatic nitrogens is 1. The van der Waals surface area contributed by atoms with Crippen LogP contribution in [0, 0.1) is 0 Å². The average Bonchev–Trinajstić information content (AvgIpc) is 3.18. The third-order valence-electron chi connectivity index (χ3n) is 5.08. The molecule has 0 saturated heterocycles. The number of amides is 2. The monoisotopic (exact) mass is 398 g/mol. The zero-order valence-electron chi connectivity index (χ0n) is 16.5. The molecule has 0 saturated carbocycles. The van der Waals surface area contributed by atoms with Crippen LogP contribution in [0.1, 0.15) is 22.8 Å². The number of carbonyl (C=O) groups excluding carboxylic acids is 2. The van der Waals surface area contributed by atoms with Crippen molar-refractivity contribution in [2.45, 2.75) is 13.5 Å². The molecular formula is C24H22N4O2. The van der Waals surface area contributed by atoms with Crippen molar-refractivity contribution in [2.24, 2.45) is 11.5 Å². The van der Waals surface area contributed by atoms with Crippen molar-refractivity contribution in [1.29, 1.82) is 0 Å². The van der Waals surface area contributed by atoms with Gasteiger partial charge in [-0.15, -0.1) is 0 Å². The van der Waals surface area contributed by atoms with Crippen LogP contribution >= 0.6 is 0 Å². The first-order valence-corrected chi connectivity index (χ1v) is 9.60. The van der Waals surface area contributed by atoms with Gasteiger partial charge < -0.3 is 21.8 Å². The molecule has 0 atom stereocenters. The van der Waals surface area contributed by atoms with Gasteiger partial charge in [0.25, 0.3) is 5.91 Å². The Labute approximate surface area is 173 Å². The van der Waals surface area contributed by atoms with E-state index in [0.29, 0.717) is 23.3 Å². The second kappa shape index (κ2) is 7.85. The highest BCUT2D eigenvalue weighted by atomic mass is 16.1. The zero-order valence-corrected chi connectivity index (χ0v) is 16.5. The van der Waals surface area contributed by atoms with Gasteiger partial charge in [0.1, 0.15) is 0 Å². The number of hydrogen-bond donors (Lipinski definition) is 4. The van der Waals surface area contributed by atoms with Crippen LogP contribution in [-0.2, 0) is 11.3 Å². The molecular weight excluding hydrogens is 376 g/mol. The molecule has 150 valence electrons. The fraction of sp³-hybridized carbons (Fsp3) is 0.0833. The summed E-state index contributed by atoms with van der Waals surface area (Å²) in [5.41, 5.74) is 18.1. The van der Waals surface area contributed by atoms with Crippen LogP contribution in [-0.4, -0.2) is 16.8 Å². The SMILES string of the molecule is CC(=O)Nc1cccc(-c2cc3c(-c4ccccc4CN)ccc(C(N)=O)c3[nH]2)c1. The fourth-order valence-electron chi connectivity index (χ4n) is 3.74. The van der Waals surface area contributed by atoms with Crippen LogP contribution in [0.25, 0.3) is 33.3 Å². The van der Waals surface area contributed by atoms with E-state index in [1.54, 1.807) is 6.07 Å². The van der Waals surface area contributed by atoms with Gasteiger partial charge in [0.2, 0.25) is 5.91 Å². The first kappa shape index (κ1) is 19.4. The molecule has 0 unspecified atom stereocenters. The van der Waals surface area contributed by atoms with Gasteiger partial charge in [0.05, 0.1) is 11.1 Å². The van der Waals surface area contributed by atoms with Crippen molar-refractivity contribution < 1.29 is 9.59 Å². The summed E-state index contributed by atoms with van der Waals surface area (Å²) in [6, 6.07) is 21.1. The number of primary amides is 1. The summed E-state index contributed by atoms with van der Waals surface area (Å²) in [7, 11) is 0. The van der Waals surface area contributed by atoms with E-state index in [4.69, 9.17) is 11.5 Å². The van der Waals surface area contributed by atoms with E-state index >= 15 is 0 Å². The number of carbonyl (C=O) groups is 2. The highest BCUT2D eigenvalue weighted by Crippen LogP contribution is 2.36. The quantitative estimate of drug-likeness (QED) is 0.407. The zero-order chi connectivity index (χ0) is 21.3. The second-order valence-corrected chi connectivity index (χ2v) is 7.12. The molecule has 0 radical (unpaired) electrons. The van der Waals surface area contributed by atoms with Crippen molar-refractivity contribution in [3.05, 3.63) is 77.9 Å². The summed E-state index contributed by atoms with van der Waals surface area (Å²) >= 11 is 0. The Hall–Kier alpha value is -3.90. The molecule has 6 N–H and O–H groups in total. The minimum atomic E-state index is -0.501. The molecule has 2 amide bonds. The van der Waals surface area contributed by atoms with E-state index in [1.165, 1.54) is 6.92 Å². The van der Waals surface area contributed by atoms with Crippen LogP contribution in [0.3, 0.4) is 0 Å². The average molecular weight is 398 g/mol. The van der Waals surface area contributed by atoms with Gasteiger partial charge in [0, 0.05) is 35.8 Å². The molecule has 3 aromatic carbocycles. The minimum Gasteiger partial charge on any atom is -0.366 e. The molecule has 6 nitrogen and oxygen atoms in total. The highest BCUT2D eigenvalue weighted by molar-refractivity contribution is 6.10. The number of rotatable bonds is 5. The van der Waals surface area contributed by atoms with Crippen molar-refractivity contribution in [2.75, 3.05) is 5.32 Å². The Bertz CT molecular complexity index is 1270. The van der Waals surface area contributed by atoms with Crippen LogP contribution in [0.2, 0.25) is 0 Å². The number of fused-ring (bicyclic) bond motifs is 1. The Morgan fingerprint density at radius 2 is 1.77 bits per heavy atom. The van der Waals surface area contributed by atoms with Gasteiger partial charge in [-0.25, -0.2) is 0 Å². The maximum absolute atomic E-state index is 12.0. The number of H-pyrrole nitrogens is 1. The first-order valence-electron chi connectivity index (χ1n) is 9.60. The van der Waals surface area contributed by atoms with E-state index in [0.717, 1.165) is 33.3 Å². The van der Waals surface area contributed by atoms with Crippen molar-refractivity contribution in [3.63, 3.8) is 0 Å². The topological polar surface area (TPSA) is 114 Å². The summed E-state index contributed by atoms with van der Waals surface area (Å²) in [6.07, 6.45) is 0. The van der Waals surface area contributed by atoms with Crippen LogP contribution in [0.15, 0.2) is 66.7 Å². The molecule has 1 aromatic heterocycles. The number of nitrogens with two attached hydrogens (primary N) is 2. The Kier molecular flexibility index (Phi) is 5.08. The standard InChI is InChI=1S/C24H22N4O2/c1-14(29)27-17-7-4-6-15(11-17)22-12-21-19(18-8-3-2-5-16(18)13-25)9-10-20(24(26)30)23(21)28-22/h2-12,28H,13,25H2,1H3,(H2,26,30)(H,27,29). The highest BCUT2D eigenvalue weighted by Gasteiger charge is 2.16. The lowest BCUT2D eigenvalue weighted by molar-refractivity contribution is -0.114. The van der Waals surface area contributed by atoms with Gasteiger partial charge in [-0.1, -0.05) is 42.5 Å². The molecule has 0 spiro atoms. The molecule has 0 fully saturated rings. The van der Waals surface area contributed by atoms with Gasteiger partial charge in [0.15, 0.2) is 0 Å². The van der Waals surface area contributed by atoms with Crippen molar-refractivity contribution in [1.82, 2.24) is 4.98 Å². The van der Waals surface area contributed by atoms with Gasteiger partial charge in [-0.2, -0.15) is 0 Å². The molecule has 30 heavy (non-hydrogen) atoms. The lowest BCUT2D eigenvalue weighted by Crippen LogP contribution is -2.11. The Balaban J connectivity index is 1.94. The molecule has 6 heteroatoms. The Morgan fingerprint density at radius 1 is 0.967 bits per heavy atom. The predicted octanol–water partition coefficient (Wildman–Crippen LogP) is 4.02. The molecule has 4 rings (SSSR count). The number of benzene rings is 3. The third kappa shape index (κ3) is 3.56. The molecule has 1 heterocycles. The van der Waals surface area contributed by atoms with Gasteiger partial charge in [-0.3, -0.25) is 9.59 Å². The van der Waals surface area contributed by atoms with Gasteiger partial charge in [-0.05, 0) is 41.0 Å². The van der Waals surface area contributed by atoms with Crippen LogP contribution in [0.5, 0.6) is 0 Å². The molecule has 0 aliphatic rings. The van der Waals surface area contributed by atoms with E-state index in [-0.39, 0.29) is 5.91 Å². The summed E-state index contributed by atoms with van der Waals surface area (Å²) in [5, 5.41) is 3.67. The van der Waals surface area contributed by atoms with Crippen molar-refractivity contribution >= 4 is 28.4 Å². The first-order chi connectivity index (χ1) is 14.5.